The molecule has 1 aromatic rings. The van der Waals surface area contributed by atoms with Crippen LogP contribution in [-0.2, 0) is 15.9 Å². The molecule has 76 valence electrons. The summed E-state index contributed by atoms with van der Waals surface area (Å²) in [6, 6.07) is 10.3. The van der Waals surface area contributed by atoms with Crippen LogP contribution in [0.15, 0.2) is 30.3 Å². The molecule has 0 amide bonds. The first kappa shape index (κ1) is 9.69. The molecule has 2 unspecified atom stereocenters. The lowest BCUT2D eigenvalue weighted by atomic mass is 10.1. The molecule has 2 rings (SSSR count). The first-order chi connectivity index (χ1) is 6.84. The summed E-state index contributed by atoms with van der Waals surface area (Å²) < 4.78 is 11.2. The van der Waals surface area contributed by atoms with Crippen LogP contribution in [-0.4, -0.2) is 19.0 Å². The van der Waals surface area contributed by atoms with Gasteiger partial charge >= 0.3 is 0 Å². The Bertz CT molecular complexity index is 271. The largest absolute Gasteiger partial charge is 0.352 e. The maximum Gasteiger partial charge on any atom is 0.161 e. The first-order valence-corrected chi connectivity index (χ1v) is 5.15. The molecule has 1 fully saturated rings. The average Bonchev–Trinajstić information content (AvgIpc) is 2.19. The van der Waals surface area contributed by atoms with Crippen molar-refractivity contribution in [3.8, 4) is 0 Å². The Morgan fingerprint density at radius 2 is 2.07 bits per heavy atom. The maximum absolute atomic E-state index is 5.67. The Morgan fingerprint density at radius 3 is 2.79 bits per heavy atom. The SMILES string of the molecule is CC1CCOC(Cc2ccccc2)O1. The predicted molar refractivity (Wildman–Crippen MR) is 55.1 cm³/mol. The van der Waals surface area contributed by atoms with E-state index in [-0.39, 0.29) is 6.29 Å². The molecule has 2 heteroatoms. The molecule has 0 bridgehead atoms. The summed E-state index contributed by atoms with van der Waals surface area (Å²) >= 11 is 0. The van der Waals surface area contributed by atoms with Crippen LogP contribution in [0.2, 0.25) is 0 Å². The van der Waals surface area contributed by atoms with Crippen molar-refractivity contribution >= 4 is 0 Å². The zero-order chi connectivity index (χ0) is 9.80. The van der Waals surface area contributed by atoms with E-state index in [1.54, 1.807) is 0 Å². The van der Waals surface area contributed by atoms with E-state index in [2.05, 4.69) is 19.1 Å². The standard InChI is InChI=1S/C12H16O2/c1-10-7-8-13-12(14-10)9-11-5-3-2-4-6-11/h2-6,10,12H,7-9H2,1H3. The van der Waals surface area contributed by atoms with E-state index in [0.717, 1.165) is 19.4 Å². The summed E-state index contributed by atoms with van der Waals surface area (Å²) in [6.07, 6.45) is 2.13. The minimum absolute atomic E-state index is 0.0545. The molecule has 0 saturated carbocycles. The predicted octanol–water partition coefficient (Wildman–Crippen LogP) is 2.38. The lowest BCUT2D eigenvalue weighted by Crippen LogP contribution is -2.31. The van der Waals surface area contributed by atoms with Gasteiger partial charge < -0.3 is 9.47 Å². The smallest absolute Gasteiger partial charge is 0.161 e. The van der Waals surface area contributed by atoms with Crippen LogP contribution in [0.5, 0.6) is 0 Å². The summed E-state index contributed by atoms with van der Waals surface area (Å²) in [4.78, 5) is 0. The van der Waals surface area contributed by atoms with Gasteiger partial charge in [-0.1, -0.05) is 30.3 Å². The van der Waals surface area contributed by atoms with E-state index in [9.17, 15) is 0 Å². The first-order valence-electron chi connectivity index (χ1n) is 5.15. The summed E-state index contributed by atoms with van der Waals surface area (Å²) in [6.45, 7) is 2.92. The van der Waals surface area contributed by atoms with Crippen molar-refractivity contribution < 1.29 is 9.47 Å². The Kier molecular flexibility index (Phi) is 3.17. The lowest BCUT2D eigenvalue weighted by molar-refractivity contribution is -0.206. The highest BCUT2D eigenvalue weighted by molar-refractivity contribution is 5.15. The van der Waals surface area contributed by atoms with E-state index in [4.69, 9.17) is 9.47 Å². The fourth-order valence-corrected chi connectivity index (χ4v) is 1.65. The number of rotatable bonds is 2. The summed E-state index contributed by atoms with van der Waals surface area (Å²) in [5.74, 6) is 0. The van der Waals surface area contributed by atoms with Gasteiger partial charge in [-0.3, -0.25) is 0 Å². The normalized spacial score (nSPS) is 27.5. The van der Waals surface area contributed by atoms with Crippen LogP contribution in [0.3, 0.4) is 0 Å². The fraction of sp³-hybridized carbons (Fsp3) is 0.500. The number of benzene rings is 1. The van der Waals surface area contributed by atoms with Crippen LogP contribution in [0.25, 0.3) is 0 Å². The Labute approximate surface area is 84.8 Å². The molecule has 1 heterocycles. The Balaban J connectivity index is 1.91. The molecular formula is C12H16O2. The van der Waals surface area contributed by atoms with Crippen molar-refractivity contribution in [2.45, 2.75) is 32.2 Å². The van der Waals surface area contributed by atoms with Gasteiger partial charge in [0.2, 0.25) is 0 Å². The molecule has 1 aromatic carbocycles. The van der Waals surface area contributed by atoms with Gasteiger partial charge in [0.1, 0.15) is 0 Å². The van der Waals surface area contributed by atoms with Gasteiger partial charge in [0.05, 0.1) is 12.7 Å². The number of ether oxygens (including phenoxy) is 2. The average molecular weight is 192 g/mol. The minimum atomic E-state index is -0.0545. The second-order valence-electron chi connectivity index (χ2n) is 3.73. The quantitative estimate of drug-likeness (QED) is 0.716. The van der Waals surface area contributed by atoms with Gasteiger partial charge in [0.25, 0.3) is 0 Å². The molecule has 0 aromatic heterocycles. The zero-order valence-electron chi connectivity index (χ0n) is 8.48. The molecular weight excluding hydrogens is 176 g/mol. The van der Waals surface area contributed by atoms with Crippen LogP contribution in [0, 0.1) is 0 Å². The summed E-state index contributed by atoms with van der Waals surface area (Å²) in [5.41, 5.74) is 1.27. The van der Waals surface area contributed by atoms with Crippen molar-refractivity contribution in [2.75, 3.05) is 6.61 Å². The van der Waals surface area contributed by atoms with Crippen molar-refractivity contribution in [2.24, 2.45) is 0 Å². The van der Waals surface area contributed by atoms with Gasteiger partial charge in [-0.05, 0) is 18.9 Å². The van der Waals surface area contributed by atoms with Crippen molar-refractivity contribution in [3.05, 3.63) is 35.9 Å². The van der Waals surface area contributed by atoms with Crippen molar-refractivity contribution in [1.29, 1.82) is 0 Å². The van der Waals surface area contributed by atoms with Gasteiger partial charge in [-0.15, -0.1) is 0 Å². The number of hydrogen-bond donors (Lipinski definition) is 0. The zero-order valence-corrected chi connectivity index (χ0v) is 8.48. The Hall–Kier alpha value is -0.860. The van der Waals surface area contributed by atoms with E-state index >= 15 is 0 Å². The minimum Gasteiger partial charge on any atom is -0.352 e. The Morgan fingerprint density at radius 1 is 1.29 bits per heavy atom. The molecule has 14 heavy (non-hydrogen) atoms. The highest BCUT2D eigenvalue weighted by Gasteiger charge is 2.19. The van der Waals surface area contributed by atoms with Gasteiger partial charge in [0, 0.05) is 6.42 Å². The molecule has 0 radical (unpaired) electrons. The highest BCUT2D eigenvalue weighted by atomic mass is 16.7. The third kappa shape index (κ3) is 2.56. The van der Waals surface area contributed by atoms with E-state index < -0.39 is 0 Å². The van der Waals surface area contributed by atoms with Crippen molar-refractivity contribution in [1.82, 2.24) is 0 Å². The van der Waals surface area contributed by atoms with Crippen LogP contribution < -0.4 is 0 Å². The summed E-state index contributed by atoms with van der Waals surface area (Å²) in [5, 5.41) is 0. The topological polar surface area (TPSA) is 18.5 Å². The lowest BCUT2D eigenvalue weighted by Gasteiger charge is -2.28. The van der Waals surface area contributed by atoms with Crippen LogP contribution in [0.4, 0.5) is 0 Å². The number of hydrogen-bond acceptors (Lipinski definition) is 2. The van der Waals surface area contributed by atoms with Gasteiger partial charge in [0.15, 0.2) is 6.29 Å². The fourth-order valence-electron chi connectivity index (χ4n) is 1.65. The van der Waals surface area contributed by atoms with Gasteiger partial charge in [-0.2, -0.15) is 0 Å². The highest BCUT2D eigenvalue weighted by Crippen LogP contribution is 2.15. The van der Waals surface area contributed by atoms with Crippen LogP contribution in [0.1, 0.15) is 18.9 Å². The molecule has 1 aliphatic heterocycles. The molecule has 0 N–H and O–H groups in total. The second kappa shape index (κ2) is 4.58. The molecule has 0 spiro atoms. The third-order valence-electron chi connectivity index (χ3n) is 2.46. The van der Waals surface area contributed by atoms with E-state index in [0.29, 0.717) is 6.10 Å². The van der Waals surface area contributed by atoms with Gasteiger partial charge in [-0.25, -0.2) is 0 Å². The molecule has 0 aliphatic carbocycles. The second-order valence-corrected chi connectivity index (χ2v) is 3.73. The van der Waals surface area contributed by atoms with E-state index in [1.165, 1.54) is 5.56 Å². The molecule has 1 aliphatic rings. The van der Waals surface area contributed by atoms with Crippen LogP contribution >= 0.6 is 0 Å². The third-order valence-corrected chi connectivity index (χ3v) is 2.46. The summed E-state index contributed by atoms with van der Waals surface area (Å²) in [7, 11) is 0. The monoisotopic (exact) mass is 192 g/mol. The van der Waals surface area contributed by atoms with Crippen molar-refractivity contribution in [3.63, 3.8) is 0 Å². The molecule has 2 nitrogen and oxygen atoms in total. The molecule has 2 atom stereocenters. The van der Waals surface area contributed by atoms with E-state index in [1.807, 2.05) is 18.2 Å². The maximum atomic E-state index is 5.67. The molecule has 1 saturated heterocycles.